The molecule has 2 saturated heterocycles. The Morgan fingerprint density at radius 2 is 1.86 bits per heavy atom. The molecular formula is C15H31Cl2N3O. The Balaban J connectivity index is 0.00000200. The summed E-state index contributed by atoms with van der Waals surface area (Å²) in [6.07, 6.45) is 6.99. The minimum absolute atomic E-state index is 0. The van der Waals surface area contributed by atoms with E-state index in [1.807, 2.05) is 7.05 Å². The predicted octanol–water partition coefficient (Wildman–Crippen LogP) is 2.16. The summed E-state index contributed by atoms with van der Waals surface area (Å²) < 4.78 is 0. The fourth-order valence-corrected chi connectivity index (χ4v) is 3.29. The molecule has 0 aromatic carbocycles. The van der Waals surface area contributed by atoms with Gasteiger partial charge in [0.05, 0.1) is 0 Å². The quantitative estimate of drug-likeness (QED) is 0.753. The Morgan fingerprint density at radius 1 is 1.14 bits per heavy atom. The van der Waals surface area contributed by atoms with Crippen LogP contribution in [0.1, 0.15) is 38.5 Å². The van der Waals surface area contributed by atoms with Gasteiger partial charge in [0.1, 0.15) is 0 Å². The second-order valence-electron chi connectivity index (χ2n) is 6.06. The zero-order valence-electron chi connectivity index (χ0n) is 13.2. The van der Waals surface area contributed by atoms with Crippen LogP contribution < -0.4 is 5.32 Å². The molecule has 1 atom stereocenters. The highest BCUT2D eigenvalue weighted by atomic mass is 35.5. The van der Waals surface area contributed by atoms with E-state index in [-0.39, 0.29) is 24.8 Å². The molecule has 6 heteroatoms. The second kappa shape index (κ2) is 11.5. The number of halogens is 2. The van der Waals surface area contributed by atoms with Crippen molar-refractivity contribution in [3.8, 4) is 0 Å². The summed E-state index contributed by atoms with van der Waals surface area (Å²) >= 11 is 0. The molecule has 21 heavy (non-hydrogen) atoms. The van der Waals surface area contributed by atoms with Crippen LogP contribution in [0.2, 0.25) is 0 Å². The molecule has 0 aliphatic carbocycles. The molecule has 126 valence electrons. The summed E-state index contributed by atoms with van der Waals surface area (Å²) in [7, 11) is 1.94. The molecule has 4 nitrogen and oxygen atoms in total. The third kappa shape index (κ3) is 7.18. The first-order valence-corrected chi connectivity index (χ1v) is 7.94. The average molecular weight is 340 g/mol. The fraction of sp³-hybridized carbons (Fsp3) is 0.933. The van der Waals surface area contributed by atoms with Crippen molar-refractivity contribution in [3.05, 3.63) is 0 Å². The lowest BCUT2D eigenvalue weighted by Gasteiger charge is -2.29. The molecule has 2 rings (SSSR count). The average Bonchev–Trinajstić information content (AvgIpc) is 2.89. The SMILES string of the molecule is CNCCCC(=O)N1CCC(CN2CCCCC2)C1.Cl.Cl. The highest BCUT2D eigenvalue weighted by Gasteiger charge is 2.27. The predicted molar refractivity (Wildman–Crippen MR) is 92.6 cm³/mol. The third-order valence-electron chi connectivity index (χ3n) is 4.42. The van der Waals surface area contributed by atoms with E-state index in [2.05, 4.69) is 15.1 Å². The lowest BCUT2D eigenvalue weighted by Crippen LogP contribution is -2.36. The maximum Gasteiger partial charge on any atom is 0.222 e. The smallest absolute Gasteiger partial charge is 0.222 e. The van der Waals surface area contributed by atoms with Crippen molar-refractivity contribution in [2.75, 3.05) is 46.3 Å². The first kappa shape index (κ1) is 21.0. The Hall–Kier alpha value is -0.0300. The van der Waals surface area contributed by atoms with Crippen LogP contribution in [0.5, 0.6) is 0 Å². The van der Waals surface area contributed by atoms with Gasteiger partial charge in [-0.1, -0.05) is 6.42 Å². The number of likely N-dealkylation sites (tertiary alicyclic amines) is 2. The van der Waals surface area contributed by atoms with Crippen molar-refractivity contribution in [2.45, 2.75) is 38.5 Å². The lowest BCUT2D eigenvalue weighted by molar-refractivity contribution is -0.130. The van der Waals surface area contributed by atoms with E-state index in [1.54, 1.807) is 0 Å². The second-order valence-corrected chi connectivity index (χ2v) is 6.06. The van der Waals surface area contributed by atoms with E-state index < -0.39 is 0 Å². The largest absolute Gasteiger partial charge is 0.342 e. The number of piperidine rings is 1. The van der Waals surface area contributed by atoms with Gasteiger partial charge in [-0.25, -0.2) is 0 Å². The maximum atomic E-state index is 12.0. The Labute approximate surface area is 141 Å². The highest BCUT2D eigenvalue weighted by Crippen LogP contribution is 2.20. The van der Waals surface area contributed by atoms with Gasteiger partial charge in [0.2, 0.25) is 5.91 Å². The first-order valence-electron chi connectivity index (χ1n) is 7.94. The van der Waals surface area contributed by atoms with E-state index in [9.17, 15) is 4.79 Å². The van der Waals surface area contributed by atoms with Crippen LogP contribution in [0.4, 0.5) is 0 Å². The summed E-state index contributed by atoms with van der Waals surface area (Å²) in [5.74, 6) is 1.07. The fourth-order valence-electron chi connectivity index (χ4n) is 3.29. The van der Waals surface area contributed by atoms with Crippen molar-refractivity contribution in [1.82, 2.24) is 15.1 Å². The van der Waals surface area contributed by atoms with Gasteiger partial charge in [-0.2, -0.15) is 0 Å². The van der Waals surface area contributed by atoms with Crippen molar-refractivity contribution in [1.29, 1.82) is 0 Å². The van der Waals surface area contributed by atoms with Gasteiger partial charge >= 0.3 is 0 Å². The minimum Gasteiger partial charge on any atom is -0.342 e. The van der Waals surface area contributed by atoms with E-state index in [4.69, 9.17) is 0 Å². The van der Waals surface area contributed by atoms with Gasteiger partial charge in [0.15, 0.2) is 0 Å². The Kier molecular flexibility index (Phi) is 11.5. The number of carbonyl (C=O) groups is 1. The summed E-state index contributed by atoms with van der Waals surface area (Å²) in [5, 5.41) is 3.10. The number of amides is 1. The van der Waals surface area contributed by atoms with E-state index in [1.165, 1.54) is 45.3 Å². The van der Waals surface area contributed by atoms with Gasteiger partial charge in [-0.15, -0.1) is 24.8 Å². The minimum atomic E-state index is 0. The first-order chi connectivity index (χ1) is 9.29. The van der Waals surface area contributed by atoms with Gasteiger partial charge < -0.3 is 15.1 Å². The number of nitrogens with zero attached hydrogens (tertiary/aromatic N) is 2. The van der Waals surface area contributed by atoms with Crippen LogP contribution >= 0.6 is 24.8 Å². The summed E-state index contributed by atoms with van der Waals surface area (Å²) in [6.45, 7) is 6.67. The monoisotopic (exact) mass is 339 g/mol. The number of hydrogen-bond donors (Lipinski definition) is 1. The Bertz CT molecular complexity index is 286. The van der Waals surface area contributed by atoms with Gasteiger partial charge in [0, 0.05) is 26.1 Å². The number of hydrogen-bond acceptors (Lipinski definition) is 3. The molecule has 0 radical (unpaired) electrons. The molecule has 2 aliphatic rings. The van der Waals surface area contributed by atoms with Crippen LogP contribution in [0.25, 0.3) is 0 Å². The molecule has 2 aliphatic heterocycles. The van der Waals surface area contributed by atoms with E-state index in [0.29, 0.717) is 18.2 Å². The number of rotatable bonds is 6. The van der Waals surface area contributed by atoms with Crippen LogP contribution in [-0.4, -0.2) is 62.0 Å². The van der Waals surface area contributed by atoms with Crippen LogP contribution in [0, 0.1) is 5.92 Å². The summed E-state index contributed by atoms with van der Waals surface area (Å²) in [5.41, 5.74) is 0. The zero-order valence-corrected chi connectivity index (χ0v) is 14.8. The van der Waals surface area contributed by atoms with Gasteiger partial charge in [-0.05, 0) is 58.3 Å². The normalized spacial score (nSPS) is 22.5. The number of nitrogens with one attached hydrogen (secondary N) is 1. The Morgan fingerprint density at radius 3 is 2.52 bits per heavy atom. The van der Waals surface area contributed by atoms with Crippen molar-refractivity contribution >= 4 is 30.7 Å². The molecule has 2 heterocycles. The number of carbonyl (C=O) groups excluding carboxylic acids is 1. The van der Waals surface area contributed by atoms with E-state index >= 15 is 0 Å². The molecule has 2 fully saturated rings. The highest BCUT2D eigenvalue weighted by molar-refractivity contribution is 5.85. The molecule has 0 saturated carbocycles. The molecular weight excluding hydrogens is 309 g/mol. The van der Waals surface area contributed by atoms with Crippen LogP contribution in [-0.2, 0) is 4.79 Å². The van der Waals surface area contributed by atoms with Crippen molar-refractivity contribution in [3.63, 3.8) is 0 Å². The van der Waals surface area contributed by atoms with Crippen LogP contribution in [0.15, 0.2) is 0 Å². The molecule has 0 spiro atoms. The van der Waals surface area contributed by atoms with E-state index in [0.717, 1.165) is 26.1 Å². The molecule has 0 aromatic heterocycles. The summed E-state index contributed by atoms with van der Waals surface area (Å²) in [6, 6.07) is 0. The van der Waals surface area contributed by atoms with Crippen LogP contribution in [0.3, 0.4) is 0 Å². The maximum absolute atomic E-state index is 12.0. The third-order valence-corrected chi connectivity index (χ3v) is 4.42. The lowest BCUT2D eigenvalue weighted by atomic mass is 10.1. The van der Waals surface area contributed by atoms with Crippen molar-refractivity contribution in [2.24, 2.45) is 5.92 Å². The molecule has 1 N–H and O–H groups in total. The molecule has 0 aromatic rings. The topological polar surface area (TPSA) is 35.6 Å². The molecule has 1 amide bonds. The summed E-state index contributed by atoms with van der Waals surface area (Å²) in [4.78, 5) is 16.7. The van der Waals surface area contributed by atoms with Gasteiger partial charge in [-0.3, -0.25) is 4.79 Å². The standard InChI is InChI=1S/C15H29N3O.2ClH/c1-16-8-5-6-15(19)18-11-7-14(13-18)12-17-9-3-2-4-10-17;;/h14,16H,2-13H2,1H3;2*1H. The zero-order chi connectivity index (χ0) is 13.5. The van der Waals surface area contributed by atoms with Crippen molar-refractivity contribution < 1.29 is 4.79 Å². The van der Waals surface area contributed by atoms with Gasteiger partial charge in [0.25, 0.3) is 0 Å². The molecule has 1 unspecified atom stereocenters. The molecule has 0 bridgehead atoms.